The predicted octanol–water partition coefficient (Wildman–Crippen LogP) is 3.19. The fourth-order valence-corrected chi connectivity index (χ4v) is 1.05. The van der Waals surface area contributed by atoms with E-state index in [1.807, 2.05) is 0 Å². The molecule has 0 aliphatic heterocycles. The Bertz CT molecular complexity index is 408. The maximum atomic E-state index is 11.8. The highest BCUT2D eigenvalue weighted by Gasteiger charge is 2.29. The fraction of sp³-hybridized carbons (Fsp3) is 0.250. The highest BCUT2D eigenvalue weighted by Crippen LogP contribution is 2.30. The van der Waals surface area contributed by atoms with Crippen LogP contribution >= 0.6 is 11.6 Å². The van der Waals surface area contributed by atoms with Gasteiger partial charge in [-0.1, -0.05) is 11.6 Å². The number of nitro benzene ring substituents is 1. The first-order valence-electron chi connectivity index (χ1n) is 3.93. The lowest BCUT2D eigenvalue weighted by atomic mass is 10.3. The van der Waals surface area contributed by atoms with Gasteiger partial charge in [0.15, 0.2) is 6.61 Å². The molecule has 0 aliphatic rings. The molecule has 1 aromatic carbocycles. The van der Waals surface area contributed by atoms with E-state index >= 15 is 0 Å². The van der Waals surface area contributed by atoms with Crippen molar-refractivity contribution in [1.82, 2.24) is 0 Å². The van der Waals surface area contributed by atoms with E-state index in [0.717, 1.165) is 18.2 Å². The average Bonchev–Trinajstić information content (AvgIpc) is 2.14. The molecule has 0 bridgehead atoms. The normalized spacial score (nSPS) is 11.2. The van der Waals surface area contributed by atoms with Crippen LogP contribution in [-0.2, 0) is 0 Å². The summed E-state index contributed by atoms with van der Waals surface area (Å²) in [6.07, 6.45) is -4.52. The molecule has 0 N–H and O–H groups in total. The Morgan fingerprint density at radius 2 is 2.06 bits per heavy atom. The molecule has 16 heavy (non-hydrogen) atoms. The van der Waals surface area contributed by atoms with Gasteiger partial charge in [0.05, 0.1) is 16.0 Å². The SMILES string of the molecule is O=[N+]([O-])c1ccc(Cl)c(OCC(F)(F)F)c1. The summed E-state index contributed by atoms with van der Waals surface area (Å²) in [5.41, 5.74) is -0.387. The number of alkyl halides is 3. The van der Waals surface area contributed by atoms with Gasteiger partial charge in [-0.15, -0.1) is 0 Å². The molecule has 0 aromatic heterocycles. The number of rotatable bonds is 3. The number of ether oxygens (including phenoxy) is 1. The zero-order valence-corrected chi connectivity index (χ0v) is 8.38. The quantitative estimate of drug-likeness (QED) is 0.616. The van der Waals surface area contributed by atoms with Crippen LogP contribution < -0.4 is 4.74 Å². The second-order valence-electron chi connectivity index (χ2n) is 2.78. The molecule has 88 valence electrons. The van der Waals surface area contributed by atoms with Gasteiger partial charge in [-0.25, -0.2) is 0 Å². The van der Waals surface area contributed by atoms with Gasteiger partial charge in [0, 0.05) is 6.07 Å². The molecular weight excluding hydrogens is 251 g/mol. The van der Waals surface area contributed by atoms with Crippen molar-refractivity contribution in [2.75, 3.05) is 6.61 Å². The topological polar surface area (TPSA) is 52.4 Å². The van der Waals surface area contributed by atoms with Gasteiger partial charge < -0.3 is 4.74 Å². The van der Waals surface area contributed by atoms with Gasteiger partial charge in [0.2, 0.25) is 0 Å². The Morgan fingerprint density at radius 1 is 1.44 bits per heavy atom. The van der Waals surface area contributed by atoms with E-state index < -0.39 is 17.7 Å². The van der Waals surface area contributed by atoms with E-state index in [0.29, 0.717) is 0 Å². The van der Waals surface area contributed by atoms with Crippen molar-refractivity contribution in [3.05, 3.63) is 33.3 Å². The summed E-state index contributed by atoms with van der Waals surface area (Å²) in [7, 11) is 0. The lowest BCUT2D eigenvalue weighted by molar-refractivity contribution is -0.385. The molecule has 0 amide bonds. The summed E-state index contributed by atoms with van der Waals surface area (Å²) in [6, 6.07) is 3.02. The number of nitrogens with zero attached hydrogens (tertiary/aromatic N) is 1. The zero-order chi connectivity index (χ0) is 12.3. The highest BCUT2D eigenvalue weighted by atomic mass is 35.5. The van der Waals surface area contributed by atoms with E-state index in [1.165, 1.54) is 0 Å². The van der Waals surface area contributed by atoms with E-state index in [1.54, 1.807) is 0 Å². The number of non-ortho nitro benzene ring substituents is 1. The predicted molar refractivity (Wildman–Crippen MR) is 49.7 cm³/mol. The summed E-state index contributed by atoms with van der Waals surface area (Å²) in [6.45, 7) is -1.55. The lowest BCUT2D eigenvalue weighted by Gasteiger charge is -2.09. The van der Waals surface area contributed by atoms with Gasteiger partial charge in [-0.3, -0.25) is 10.1 Å². The van der Waals surface area contributed by atoms with E-state index in [-0.39, 0.29) is 16.5 Å². The Kier molecular flexibility index (Phi) is 3.58. The highest BCUT2D eigenvalue weighted by molar-refractivity contribution is 6.32. The van der Waals surface area contributed by atoms with Crippen LogP contribution in [0.4, 0.5) is 18.9 Å². The second kappa shape index (κ2) is 4.56. The molecular formula is C8H5ClF3NO3. The summed E-state index contributed by atoms with van der Waals surface area (Å²) >= 11 is 5.51. The molecule has 1 rings (SSSR count). The van der Waals surface area contributed by atoms with Crippen LogP contribution in [0, 0.1) is 10.1 Å². The number of hydrogen-bond donors (Lipinski definition) is 0. The lowest BCUT2D eigenvalue weighted by Crippen LogP contribution is -2.19. The van der Waals surface area contributed by atoms with E-state index in [2.05, 4.69) is 4.74 Å². The Morgan fingerprint density at radius 3 is 2.56 bits per heavy atom. The van der Waals surface area contributed by atoms with Crippen LogP contribution in [0.3, 0.4) is 0 Å². The average molecular weight is 256 g/mol. The van der Waals surface area contributed by atoms with Crippen molar-refractivity contribution in [1.29, 1.82) is 0 Å². The molecule has 0 aliphatic carbocycles. The standard InChI is InChI=1S/C8H5ClF3NO3/c9-6-2-1-5(13(14)15)3-7(6)16-4-8(10,11)12/h1-3H,4H2. The minimum Gasteiger partial charge on any atom is -0.482 e. The molecule has 0 atom stereocenters. The van der Waals surface area contributed by atoms with Gasteiger partial charge in [-0.05, 0) is 6.07 Å². The Labute approximate surface area is 92.7 Å². The van der Waals surface area contributed by atoms with Crippen LogP contribution in [0.5, 0.6) is 5.75 Å². The minimum absolute atomic E-state index is 0.116. The molecule has 0 unspecified atom stereocenters. The summed E-state index contributed by atoms with van der Waals surface area (Å²) < 4.78 is 39.8. The van der Waals surface area contributed by atoms with Crippen LogP contribution in [0.2, 0.25) is 5.02 Å². The van der Waals surface area contributed by atoms with Gasteiger partial charge in [0.25, 0.3) is 5.69 Å². The number of hydrogen-bond acceptors (Lipinski definition) is 3. The first-order chi connectivity index (χ1) is 7.29. The monoisotopic (exact) mass is 255 g/mol. The molecule has 0 spiro atoms. The smallest absolute Gasteiger partial charge is 0.422 e. The van der Waals surface area contributed by atoms with Crippen molar-refractivity contribution >= 4 is 17.3 Å². The van der Waals surface area contributed by atoms with E-state index in [4.69, 9.17) is 11.6 Å². The van der Waals surface area contributed by atoms with Crippen molar-refractivity contribution < 1.29 is 22.8 Å². The van der Waals surface area contributed by atoms with Crippen LogP contribution in [0.1, 0.15) is 0 Å². The van der Waals surface area contributed by atoms with E-state index in [9.17, 15) is 23.3 Å². The largest absolute Gasteiger partial charge is 0.482 e. The molecule has 8 heteroatoms. The second-order valence-corrected chi connectivity index (χ2v) is 3.18. The maximum Gasteiger partial charge on any atom is 0.422 e. The fourth-order valence-electron chi connectivity index (χ4n) is 0.876. The van der Waals surface area contributed by atoms with Crippen molar-refractivity contribution in [3.8, 4) is 5.75 Å². The molecule has 0 saturated carbocycles. The van der Waals surface area contributed by atoms with Crippen molar-refractivity contribution in [2.45, 2.75) is 6.18 Å². The molecule has 1 aromatic rings. The third-order valence-electron chi connectivity index (χ3n) is 1.52. The molecule has 0 saturated heterocycles. The van der Waals surface area contributed by atoms with Gasteiger partial charge in [-0.2, -0.15) is 13.2 Å². The first kappa shape index (κ1) is 12.6. The van der Waals surface area contributed by atoms with Crippen molar-refractivity contribution in [3.63, 3.8) is 0 Å². The maximum absolute atomic E-state index is 11.8. The van der Waals surface area contributed by atoms with Crippen molar-refractivity contribution in [2.24, 2.45) is 0 Å². The number of nitro groups is 1. The minimum atomic E-state index is -4.52. The third kappa shape index (κ3) is 3.58. The summed E-state index contributed by atoms with van der Waals surface area (Å²) in [5, 5.41) is 10.2. The Balaban J connectivity index is 2.86. The van der Waals surface area contributed by atoms with Gasteiger partial charge in [0.1, 0.15) is 5.75 Å². The van der Waals surface area contributed by atoms with Gasteiger partial charge >= 0.3 is 6.18 Å². The summed E-state index contributed by atoms with van der Waals surface area (Å²) in [5.74, 6) is -0.367. The number of benzene rings is 1. The molecule has 0 heterocycles. The molecule has 0 fully saturated rings. The Hall–Kier alpha value is -1.50. The molecule has 4 nitrogen and oxygen atoms in total. The first-order valence-corrected chi connectivity index (χ1v) is 4.31. The van der Waals surface area contributed by atoms with Crippen LogP contribution in [-0.4, -0.2) is 17.7 Å². The zero-order valence-electron chi connectivity index (χ0n) is 7.62. The van der Waals surface area contributed by atoms with Crippen LogP contribution in [0.15, 0.2) is 18.2 Å². The van der Waals surface area contributed by atoms with Crippen LogP contribution in [0.25, 0.3) is 0 Å². The third-order valence-corrected chi connectivity index (χ3v) is 1.83. The number of halogens is 4. The molecule has 0 radical (unpaired) electrons. The summed E-state index contributed by atoms with van der Waals surface area (Å²) in [4.78, 5) is 9.60.